The highest BCUT2D eigenvalue weighted by molar-refractivity contribution is 5.95. The smallest absolute Gasteiger partial charge is 0.435 e. The Balaban J connectivity index is 1.71. The molecule has 2 aliphatic rings. The van der Waals surface area contributed by atoms with Gasteiger partial charge in [0, 0.05) is 32.1 Å². The molecule has 0 unspecified atom stereocenters. The van der Waals surface area contributed by atoms with E-state index < -0.39 is 29.3 Å². The van der Waals surface area contributed by atoms with Crippen LogP contribution in [0.2, 0.25) is 0 Å². The molecule has 0 radical (unpaired) electrons. The zero-order chi connectivity index (χ0) is 19.2. The Labute approximate surface area is 152 Å². The molecule has 7 nitrogen and oxygen atoms in total. The number of likely N-dealkylation sites (tertiary alicyclic amines) is 1. The van der Waals surface area contributed by atoms with Crippen LogP contribution in [0.5, 0.6) is 5.75 Å². The van der Waals surface area contributed by atoms with Crippen molar-refractivity contribution in [3.63, 3.8) is 0 Å². The number of hydrogen-bond acceptors (Lipinski definition) is 5. The summed E-state index contributed by atoms with van der Waals surface area (Å²) >= 11 is 0. The summed E-state index contributed by atoms with van der Waals surface area (Å²) in [6, 6.07) is 3.01. The van der Waals surface area contributed by atoms with Crippen LogP contribution >= 0.6 is 0 Å². The van der Waals surface area contributed by atoms with Crippen molar-refractivity contribution in [2.24, 2.45) is 0 Å². The summed E-state index contributed by atoms with van der Waals surface area (Å²) in [5, 5.41) is 0. The number of hydrogen-bond donors (Lipinski definition) is 0. The number of carbonyl (C=O) groups excluding carboxylic acids is 1. The molecule has 2 aromatic rings. The number of alkyl halides is 3. The number of nitrogens with zero attached hydrogens (tertiary/aromatic N) is 3. The molecular formula is C17H18F3N3O4. The van der Waals surface area contributed by atoms with Crippen LogP contribution in [-0.4, -0.2) is 59.4 Å². The Bertz CT molecular complexity index is 864. The van der Waals surface area contributed by atoms with Gasteiger partial charge in [-0.1, -0.05) is 0 Å². The van der Waals surface area contributed by atoms with Crippen molar-refractivity contribution in [3.05, 3.63) is 29.7 Å². The fourth-order valence-corrected chi connectivity index (χ4v) is 3.59. The van der Waals surface area contributed by atoms with Crippen LogP contribution in [0.3, 0.4) is 0 Å². The molecule has 146 valence electrons. The predicted octanol–water partition coefficient (Wildman–Crippen LogP) is 2.34. The molecule has 4 rings (SSSR count). The fourth-order valence-electron chi connectivity index (χ4n) is 3.59. The predicted molar refractivity (Wildman–Crippen MR) is 86.5 cm³/mol. The lowest BCUT2D eigenvalue weighted by atomic mass is 10.0. The largest absolute Gasteiger partial charge is 0.493 e. The zero-order valence-corrected chi connectivity index (χ0v) is 14.6. The Morgan fingerprint density at radius 2 is 1.93 bits per heavy atom. The van der Waals surface area contributed by atoms with E-state index >= 15 is 0 Å². The van der Waals surface area contributed by atoms with Crippen LogP contribution < -0.4 is 4.74 Å². The number of imidazole rings is 1. The first-order chi connectivity index (χ1) is 12.8. The van der Waals surface area contributed by atoms with Gasteiger partial charge in [-0.3, -0.25) is 9.20 Å². The van der Waals surface area contributed by atoms with Gasteiger partial charge in [0.25, 0.3) is 5.91 Å². The summed E-state index contributed by atoms with van der Waals surface area (Å²) in [5.41, 5.74) is -1.78. The Morgan fingerprint density at radius 3 is 2.52 bits per heavy atom. The molecule has 10 heteroatoms. The van der Waals surface area contributed by atoms with Gasteiger partial charge in [-0.15, -0.1) is 0 Å². The Morgan fingerprint density at radius 1 is 1.26 bits per heavy atom. The van der Waals surface area contributed by atoms with Crippen LogP contribution in [0.15, 0.2) is 18.3 Å². The summed E-state index contributed by atoms with van der Waals surface area (Å²) in [4.78, 5) is 18.0. The van der Waals surface area contributed by atoms with Crippen molar-refractivity contribution in [2.75, 3.05) is 33.4 Å². The molecule has 2 aliphatic heterocycles. The van der Waals surface area contributed by atoms with Crippen LogP contribution in [0.1, 0.15) is 29.0 Å². The van der Waals surface area contributed by atoms with E-state index in [1.165, 1.54) is 30.3 Å². The third kappa shape index (κ3) is 3.02. The van der Waals surface area contributed by atoms with Gasteiger partial charge in [-0.2, -0.15) is 13.2 Å². The second kappa shape index (κ2) is 6.38. The van der Waals surface area contributed by atoms with E-state index in [0.29, 0.717) is 26.1 Å². The molecule has 0 saturated carbocycles. The Kier molecular flexibility index (Phi) is 4.26. The topological polar surface area (TPSA) is 65.3 Å². The number of fused-ring (bicyclic) bond motifs is 1. The van der Waals surface area contributed by atoms with Crippen LogP contribution in [-0.2, 0) is 15.7 Å². The molecule has 1 amide bonds. The molecular weight excluding hydrogens is 367 g/mol. The average molecular weight is 385 g/mol. The minimum atomic E-state index is -4.77. The van der Waals surface area contributed by atoms with Gasteiger partial charge >= 0.3 is 6.18 Å². The monoisotopic (exact) mass is 385 g/mol. The standard InChI is InChI=1S/C17H18F3N3O4/c1-25-11-3-2-6-23-12(13(17(18,19)20)21-14(11)23)15(24)22-7-4-16(5-8-22)26-9-10-27-16/h2-3,6H,4-5,7-10H2,1H3. The van der Waals surface area contributed by atoms with Crippen molar-refractivity contribution < 1.29 is 32.2 Å². The summed E-state index contributed by atoms with van der Waals surface area (Å²) in [6.07, 6.45) is -2.56. The summed E-state index contributed by atoms with van der Waals surface area (Å²) in [7, 11) is 1.34. The molecule has 0 aliphatic carbocycles. The number of rotatable bonds is 2. The van der Waals surface area contributed by atoms with E-state index in [9.17, 15) is 18.0 Å². The summed E-state index contributed by atoms with van der Waals surface area (Å²) in [5.74, 6) is -1.28. The van der Waals surface area contributed by atoms with Gasteiger partial charge in [-0.25, -0.2) is 4.98 Å². The van der Waals surface area contributed by atoms with Crippen LogP contribution in [0, 0.1) is 0 Å². The molecule has 0 bridgehead atoms. The first kappa shape index (κ1) is 18.1. The first-order valence-electron chi connectivity index (χ1n) is 8.54. The minimum Gasteiger partial charge on any atom is -0.493 e. The van der Waals surface area contributed by atoms with Crippen molar-refractivity contribution in [3.8, 4) is 5.75 Å². The van der Waals surface area contributed by atoms with E-state index in [0.717, 1.165) is 4.40 Å². The normalized spacial score (nSPS) is 19.8. The first-order valence-corrected chi connectivity index (χ1v) is 8.54. The lowest BCUT2D eigenvalue weighted by Crippen LogP contribution is -2.47. The van der Waals surface area contributed by atoms with Gasteiger partial charge in [-0.05, 0) is 12.1 Å². The van der Waals surface area contributed by atoms with Crippen molar-refractivity contribution in [2.45, 2.75) is 24.8 Å². The van der Waals surface area contributed by atoms with E-state index in [1.54, 1.807) is 0 Å². The number of ether oxygens (including phenoxy) is 3. The number of aromatic nitrogens is 2. The molecule has 1 spiro atoms. The molecule has 4 heterocycles. The SMILES string of the molecule is COc1cccn2c(C(=O)N3CCC4(CC3)OCCO4)c(C(F)(F)F)nc12. The van der Waals surface area contributed by atoms with Crippen LogP contribution in [0.4, 0.5) is 13.2 Å². The zero-order valence-electron chi connectivity index (χ0n) is 14.6. The third-order valence-electron chi connectivity index (χ3n) is 4.93. The van der Waals surface area contributed by atoms with Crippen molar-refractivity contribution in [1.29, 1.82) is 0 Å². The van der Waals surface area contributed by atoms with Crippen molar-refractivity contribution in [1.82, 2.24) is 14.3 Å². The highest BCUT2D eigenvalue weighted by Gasteiger charge is 2.44. The van der Waals surface area contributed by atoms with Crippen LogP contribution in [0.25, 0.3) is 5.65 Å². The molecule has 0 atom stereocenters. The van der Waals surface area contributed by atoms with E-state index in [2.05, 4.69) is 4.98 Å². The van der Waals surface area contributed by atoms with Crippen molar-refractivity contribution >= 4 is 11.6 Å². The van der Waals surface area contributed by atoms with Gasteiger partial charge in [0.15, 0.2) is 22.9 Å². The fraction of sp³-hybridized carbons (Fsp3) is 0.529. The average Bonchev–Trinajstić information content (AvgIpc) is 3.26. The molecule has 2 aromatic heterocycles. The molecule has 27 heavy (non-hydrogen) atoms. The lowest BCUT2D eigenvalue weighted by molar-refractivity contribution is -0.181. The molecule has 2 fully saturated rings. The highest BCUT2D eigenvalue weighted by atomic mass is 19.4. The second-order valence-electron chi connectivity index (χ2n) is 6.48. The molecule has 0 aromatic carbocycles. The molecule has 0 N–H and O–H groups in total. The maximum Gasteiger partial charge on any atom is 0.435 e. The van der Waals surface area contributed by atoms with Gasteiger partial charge in [0.2, 0.25) is 0 Å². The van der Waals surface area contributed by atoms with E-state index in [1.807, 2.05) is 0 Å². The highest BCUT2D eigenvalue weighted by Crippen LogP contribution is 2.36. The number of amides is 1. The molecule has 2 saturated heterocycles. The Hall–Kier alpha value is -2.33. The maximum absolute atomic E-state index is 13.6. The van der Waals surface area contributed by atoms with E-state index in [-0.39, 0.29) is 24.5 Å². The quantitative estimate of drug-likeness (QED) is 0.794. The number of halogens is 3. The lowest BCUT2D eigenvalue weighted by Gasteiger charge is -2.37. The third-order valence-corrected chi connectivity index (χ3v) is 4.93. The second-order valence-corrected chi connectivity index (χ2v) is 6.48. The van der Waals surface area contributed by atoms with Gasteiger partial charge in [0.05, 0.1) is 20.3 Å². The van der Waals surface area contributed by atoms with Gasteiger partial charge < -0.3 is 19.1 Å². The summed E-state index contributed by atoms with van der Waals surface area (Å²) in [6.45, 7) is 1.46. The number of pyridine rings is 1. The number of piperidine rings is 1. The number of carbonyl (C=O) groups is 1. The number of methoxy groups -OCH3 is 1. The summed E-state index contributed by atoms with van der Waals surface area (Å²) < 4.78 is 58.1. The maximum atomic E-state index is 13.6. The van der Waals surface area contributed by atoms with Gasteiger partial charge in [0.1, 0.15) is 5.69 Å². The minimum absolute atomic E-state index is 0.0494. The van der Waals surface area contributed by atoms with E-state index in [4.69, 9.17) is 14.2 Å².